The van der Waals surface area contributed by atoms with Crippen LogP contribution in [-0.2, 0) is 24.7 Å². The van der Waals surface area contributed by atoms with Crippen LogP contribution in [0.25, 0.3) is 0 Å². The summed E-state index contributed by atoms with van der Waals surface area (Å²) in [5.74, 6) is -1.55. The summed E-state index contributed by atoms with van der Waals surface area (Å²) >= 11 is 0. The molecule has 0 saturated carbocycles. The van der Waals surface area contributed by atoms with Gasteiger partial charge >= 0.3 is 6.18 Å². The number of rotatable bonds is 6. The summed E-state index contributed by atoms with van der Waals surface area (Å²) in [6.07, 6.45) is -3.86. The summed E-state index contributed by atoms with van der Waals surface area (Å²) in [6, 6.07) is 0. The van der Waals surface area contributed by atoms with Crippen molar-refractivity contribution < 1.29 is 34.8 Å². The molecule has 0 amide bonds. The minimum Gasteiger partial charge on any atom is -0.278 e. The van der Waals surface area contributed by atoms with E-state index in [2.05, 4.69) is 4.84 Å². The van der Waals surface area contributed by atoms with Crippen LogP contribution < -0.4 is 4.89 Å². The topological polar surface area (TPSA) is 89.5 Å². The molecule has 16 heavy (non-hydrogen) atoms. The first-order valence-corrected chi connectivity index (χ1v) is 7.48. The van der Waals surface area contributed by atoms with E-state index in [1.165, 1.54) is 4.89 Å². The van der Waals surface area contributed by atoms with Crippen LogP contribution in [0.1, 0.15) is 0 Å². The molecule has 6 nitrogen and oxygen atoms in total. The normalized spacial score (nSPS) is 14.0. The van der Waals surface area contributed by atoms with Gasteiger partial charge in [0.25, 0.3) is 0 Å². The van der Waals surface area contributed by atoms with Crippen molar-refractivity contribution >= 4 is 19.9 Å². The smallest absolute Gasteiger partial charge is 0.278 e. The van der Waals surface area contributed by atoms with Gasteiger partial charge in [-0.25, -0.2) is 16.8 Å². The maximum atomic E-state index is 11.6. The van der Waals surface area contributed by atoms with Crippen molar-refractivity contribution in [1.82, 2.24) is 4.89 Å². The number of halogens is 3. The average molecular weight is 285 g/mol. The molecular weight excluding hydrogens is 275 g/mol. The Labute approximate surface area is 90.7 Å². The Morgan fingerprint density at radius 3 is 2.00 bits per heavy atom. The second-order valence-electron chi connectivity index (χ2n) is 2.94. The molecule has 0 aromatic heterocycles. The largest absolute Gasteiger partial charge is 0.413 e. The molecule has 11 heteroatoms. The van der Waals surface area contributed by atoms with Crippen LogP contribution in [0.2, 0.25) is 0 Å². The van der Waals surface area contributed by atoms with Crippen molar-refractivity contribution in [2.24, 2.45) is 0 Å². The van der Waals surface area contributed by atoms with Crippen LogP contribution in [-0.4, -0.2) is 47.4 Å². The summed E-state index contributed by atoms with van der Waals surface area (Å²) in [7, 11) is -7.70. The Balaban J connectivity index is 4.08. The zero-order valence-corrected chi connectivity index (χ0v) is 9.75. The van der Waals surface area contributed by atoms with Gasteiger partial charge in [-0.3, -0.25) is 4.84 Å². The first-order valence-electron chi connectivity index (χ1n) is 3.77. The molecule has 0 unspecified atom stereocenters. The third kappa shape index (κ3) is 10.1. The lowest BCUT2D eigenvalue weighted by Gasteiger charge is -2.08. The molecule has 0 aliphatic carbocycles. The molecular formula is C5H10F3NO5S2. The van der Waals surface area contributed by atoms with Gasteiger partial charge in [-0.1, -0.05) is 4.89 Å². The lowest BCUT2D eigenvalue weighted by Crippen LogP contribution is -2.33. The summed E-state index contributed by atoms with van der Waals surface area (Å²) in [5.41, 5.74) is 0. The highest BCUT2D eigenvalue weighted by Crippen LogP contribution is 2.13. The number of nitrogens with one attached hydrogen (secondary N) is 1. The summed E-state index contributed by atoms with van der Waals surface area (Å²) < 4.78 is 77.6. The molecule has 0 spiro atoms. The second kappa shape index (κ2) is 5.29. The maximum absolute atomic E-state index is 11.6. The van der Waals surface area contributed by atoms with Crippen LogP contribution in [0.5, 0.6) is 0 Å². The van der Waals surface area contributed by atoms with Gasteiger partial charge in [0.2, 0.25) is 10.0 Å². The lowest BCUT2D eigenvalue weighted by atomic mass is 10.7. The van der Waals surface area contributed by atoms with Crippen molar-refractivity contribution in [3.8, 4) is 0 Å². The van der Waals surface area contributed by atoms with Gasteiger partial charge in [-0.05, 0) is 0 Å². The van der Waals surface area contributed by atoms with E-state index in [4.69, 9.17) is 0 Å². The minimum atomic E-state index is -4.67. The molecule has 0 fully saturated rings. The highest BCUT2D eigenvalue weighted by atomic mass is 32.2. The van der Waals surface area contributed by atoms with Gasteiger partial charge in [0, 0.05) is 6.26 Å². The molecule has 98 valence electrons. The van der Waals surface area contributed by atoms with Gasteiger partial charge in [0.15, 0.2) is 6.61 Å². The van der Waals surface area contributed by atoms with E-state index >= 15 is 0 Å². The standard InChI is InChI=1S/C5H10F3NO5S2/c1-15(10,11)2-3-16(12,13)9-14-4-5(6,7)8/h9H,2-4H2,1H3. The van der Waals surface area contributed by atoms with Crippen LogP contribution in [0.4, 0.5) is 13.2 Å². The van der Waals surface area contributed by atoms with Gasteiger partial charge < -0.3 is 0 Å². The fraction of sp³-hybridized carbons (Fsp3) is 1.00. The Bertz CT molecular complexity index is 412. The molecule has 0 aromatic carbocycles. The third-order valence-corrected chi connectivity index (χ3v) is 3.46. The third-order valence-electron chi connectivity index (χ3n) is 1.14. The van der Waals surface area contributed by atoms with Gasteiger partial charge in [-0.15, -0.1) is 0 Å². The van der Waals surface area contributed by atoms with E-state index in [0.717, 1.165) is 6.26 Å². The van der Waals surface area contributed by atoms with Gasteiger partial charge in [0.05, 0.1) is 11.5 Å². The fourth-order valence-corrected chi connectivity index (χ4v) is 2.91. The van der Waals surface area contributed by atoms with Crippen LogP contribution in [0.15, 0.2) is 0 Å². The molecule has 0 aliphatic rings. The van der Waals surface area contributed by atoms with E-state index in [-0.39, 0.29) is 0 Å². The first kappa shape index (κ1) is 15.6. The fourth-order valence-electron chi connectivity index (χ4n) is 0.504. The average Bonchev–Trinajstić information content (AvgIpc) is 1.97. The van der Waals surface area contributed by atoms with E-state index < -0.39 is 44.1 Å². The SMILES string of the molecule is CS(=O)(=O)CCS(=O)(=O)NOCC(F)(F)F. The molecule has 0 bridgehead atoms. The number of alkyl halides is 3. The van der Waals surface area contributed by atoms with Crippen molar-refractivity contribution in [2.45, 2.75) is 6.18 Å². The second-order valence-corrected chi connectivity index (χ2v) is 7.00. The van der Waals surface area contributed by atoms with Gasteiger partial charge in [-0.2, -0.15) is 13.2 Å². The quantitative estimate of drug-likeness (QED) is 0.661. The van der Waals surface area contributed by atoms with Crippen molar-refractivity contribution in [1.29, 1.82) is 0 Å². The monoisotopic (exact) mass is 285 g/mol. The highest BCUT2D eigenvalue weighted by molar-refractivity contribution is 7.93. The number of sulfonamides is 1. The van der Waals surface area contributed by atoms with Crippen LogP contribution in [0.3, 0.4) is 0 Å². The first-order chi connectivity index (χ1) is 6.91. The molecule has 0 heterocycles. The number of hydrogen-bond donors (Lipinski definition) is 1. The molecule has 1 N–H and O–H groups in total. The summed E-state index contributed by atoms with van der Waals surface area (Å²) in [4.78, 5) is 4.85. The predicted molar refractivity (Wildman–Crippen MR) is 48.6 cm³/mol. The summed E-state index contributed by atoms with van der Waals surface area (Å²) in [5, 5.41) is 0. The van der Waals surface area contributed by atoms with Crippen LogP contribution >= 0.6 is 0 Å². The van der Waals surface area contributed by atoms with Crippen molar-refractivity contribution in [2.75, 3.05) is 24.4 Å². The summed E-state index contributed by atoms with van der Waals surface area (Å²) in [6.45, 7) is -1.79. The van der Waals surface area contributed by atoms with Gasteiger partial charge in [0.1, 0.15) is 9.84 Å². The molecule has 0 atom stereocenters. The molecule has 0 rings (SSSR count). The van der Waals surface area contributed by atoms with E-state index in [9.17, 15) is 30.0 Å². The van der Waals surface area contributed by atoms with Crippen molar-refractivity contribution in [3.63, 3.8) is 0 Å². The zero-order chi connectivity index (χ0) is 13.0. The Morgan fingerprint density at radius 1 is 1.12 bits per heavy atom. The van der Waals surface area contributed by atoms with E-state index in [0.29, 0.717) is 0 Å². The van der Waals surface area contributed by atoms with E-state index in [1.807, 2.05) is 0 Å². The number of hydrogen-bond acceptors (Lipinski definition) is 5. The Morgan fingerprint density at radius 2 is 1.62 bits per heavy atom. The predicted octanol–water partition coefficient (Wildman–Crippen LogP) is -0.556. The Hall–Kier alpha value is -0.390. The molecule has 0 aliphatic heterocycles. The molecule has 0 radical (unpaired) electrons. The van der Waals surface area contributed by atoms with Crippen molar-refractivity contribution in [3.05, 3.63) is 0 Å². The lowest BCUT2D eigenvalue weighted by molar-refractivity contribution is -0.181. The molecule has 0 saturated heterocycles. The van der Waals surface area contributed by atoms with E-state index in [1.54, 1.807) is 0 Å². The highest BCUT2D eigenvalue weighted by Gasteiger charge is 2.28. The zero-order valence-electron chi connectivity index (χ0n) is 8.11. The van der Waals surface area contributed by atoms with Crippen LogP contribution in [0, 0.1) is 0 Å². The molecule has 0 aromatic rings. The minimum absolute atomic E-state index is 0.697. The Kier molecular flexibility index (Phi) is 5.16. The number of sulfone groups is 1. The maximum Gasteiger partial charge on any atom is 0.413 e.